The molecule has 0 saturated heterocycles. The molecule has 0 saturated carbocycles. The van der Waals surface area contributed by atoms with Gasteiger partial charge in [-0.1, -0.05) is 25.1 Å². The molecule has 0 aliphatic heterocycles. The zero-order chi connectivity index (χ0) is 20.7. The average molecular weight is 385 g/mol. The lowest BCUT2D eigenvalue weighted by molar-refractivity contribution is -0.398. The van der Waals surface area contributed by atoms with Crippen molar-refractivity contribution in [3.63, 3.8) is 0 Å². The highest BCUT2D eigenvalue weighted by Crippen LogP contribution is 2.33. The van der Waals surface area contributed by atoms with E-state index in [4.69, 9.17) is 4.74 Å². The summed E-state index contributed by atoms with van der Waals surface area (Å²) in [5, 5.41) is 28.8. The van der Waals surface area contributed by atoms with E-state index in [1.807, 2.05) is 24.5 Å². The monoisotopic (exact) mass is 385 g/mol. The van der Waals surface area contributed by atoms with Gasteiger partial charge in [0.1, 0.15) is 5.75 Å². The molecule has 0 unspecified atom stereocenters. The van der Waals surface area contributed by atoms with Crippen molar-refractivity contribution in [2.75, 3.05) is 12.4 Å². The summed E-state index contributed by atoms with van der Waals surface area (Å²) in [6.45, 7) is 1.91. The van der Waals surface area contributed by atoms with Gasteiger partial charge in [-0.2, -0.15) is 5.10 Å². The van der Waals surface area contributed by atoms with Gasteiger partial charge in [0.25, 0.3) is 5.69 Å². The number of aryl methyl sites for hydroxylation is 1. The smallest absolute Gasteiger partial charge is 0.329 e. The lowest BCUT2D eigenvalue weighted by Gasteiger charge is -2.12. The van der Waals surface area contributed by atoms with Crippen LogP contribution in [0.1, 0.15) is 18.1 Å². The number of nitro groups is 1. The maximum atomic E-state index is 12.0. The van der Waals surface area contributed by atoms with Crippen LogP contribution in [0.2, 0.25) is 0 Å². The number of amides is 2. The third-order valence-corrected chi connectivity index (χ3v) is 3.71. The molecule has 0 bridgehead atoms. The highest BCUT2D eigenvalue weighted by molar-refractivity contribution is 6.39. The van der Waals surface area contributed by atoms with Crippen LogP contribution in [0.25, 0.3) is 0 Å². The van der Waals surface area contributed by atoms with Gasteiger partial charge in [-0.15, -0.1) is 0 Å². The fourth-order valence-electron chi connectivity index (χ4n) is 2.32. The van der Waals surface area contributed by atoms with E-state index in [-0.39, 0.29) is 11.3 Å². The Balaban J connectivity index is 2.08. The Labute approximate surface area is 160 Å². The molecule has 10 heteroatoms. The van der Waals surface area contributed by atoms with Crippen molar-refractivity contribution in [3.8, 4) is 11.5 Å². The summed E-state index contributed by atoms with van der Waals surface area (Å²) in [6, 6.07) is 9.25. The molecule has 0 fully saturated rings. The molecule has 10 nitrogen and oxygen atoms in total. The Bertz CT molecular complexity index is 942. The van der Waals surface area contributed by atoms with Crippen LogP contribution in [-0.4, -0.2) is 30.1 Å². The Morgan fingerprint density at radius 1 is 1.25 bits per heavy atom. The first-order chi connectivity index (χ1) is 13.4. The standard InChI is InChI=1S/C18H18N4O6/c1-3-12-6-4-5-7-13(12)20-17(24)18(25)21-19-10-11-8-14(22(26)27)16(23)15(9-11)28-2/h4-10,23H,3H2,1-2H3,(H,20,24)(H,21,25)/p-1/b19-10-. The number of nitrogens with one attached hydrogen (secondary N) is 2. The van der Waals surface area contributed by atoms with Crippen molar-refractivity contribution in [1.82, 2.24) is 5.43 Å². The molecule has 2 aromatic rings. The van der Waals surface area contributed by atoms with Gasteiger partial charge in [-0.3, -0.25) is 19.7 Å². The van der Waals surface area contributed by atoms with E-state index in [0.29, 0.717) is 12.1 Å². The number of nitro benzene ring substituents is 1. The molecule has 0 aliphatic carbocycles. The minimum Gasteiger partial charge on any atom is -0.865 e. The molecule has 0 radical (unpaired) electrons. The highest BCUT2D eigenvalue weighted by Gasteiger charge is 2.15. The number of methoxy groups -OCH3 is 1. The van der Waals surface area contributed by atoms with E-state index in [9.17, 15) is 24.8 Å². The van der Waals surface area contributed by atoms with Crippen LogP contribution in [0.5, 0.6) is 11.5 Å². The number of para-hydroxylation sites is 1. The van der Waals surface area contributed by atoms with Gasteiger partial charge in [0.15, 0.2) is 0 Å². The number of anilines is 1. The topological polar surface area (TPSA) is 146 Å². The molecule has 2 aromatic carbocycles. The van der Waals surface area contributed by atoms with E-state index in [0.717, 1.165) is 17.8 Å². The molecule has 2 N–H and O–H groups in total. The van der Waals surface area contributed by atoms with E-state index >= 15 is 0 Å². The first-order valence-electron chi connectivity index (χ1n) is 8.13. The second-order valence-corrected chi connectivity index (χ2v) is 5.49. The van der Waals surface area contributed by atoms with Crippen LogP contribution in [0.15, 0.2) is 41.5 Å². The number of hydrazone groups is 1. The van der Waals surface area contributed by atoms with Gasteiger partial charge in [-0.05, 0) is 24.1 Å². The summed E-state index contributed by atoms with van der Waals surface area (Å²) >= 11 is 0. The van der Waals surface area contributed by atoms with Gasteiger partial charge in [0, 0.05) is 23.1 Å². The van der Waals surface area contributed by atoms with E-state index in [2.05, 4.69) is 10.4 Å². The molecule has 0 atom stereocenters. The number of nitrogens with zero attached hydrogens (tertiary/aromatic N) is 2. The van der Waals surface area contributed by atoms with Crippen LogP contribution in [0.4, 0.5) is 11.4 Å². The minimum atomic E-state index is -1.02. The SMILES string of the molecule is CCc1ccccc1NC(=O)C(=O)N/N=C\c1cc(OC)c([O-])c([N+](=O)[O-])c1. The Kier molecular flexibility index (Phi) is 6.63. The van der Waals surface area contributed by atoms with E-state index < -0.39 is 28.2 Å². The van der Waals surface area contributed by atoms with Crippen molar-refractivity contribution >= 4 is 29.4 Å². The molecule has 0 aromatic heterocycles. The Morgan fingerprint density at radius 3 is 2.61 bits per heavy atom. The van der Waals surface area contributed by atoms with Crippen molar-refractivity contribution in [1.29, 1.82) is 0 Å². The summed E-state index contributed by atoms with van der Waals surface area (Å²) in [7, 11) is 1.20. The molecule has 2 amide bonds. The largest absolute Gasteiger partial charge is 0.865 e. The van der Waals surface area contributed by atoms with Gasteiger partial charge in [0.2, 0.25) is 0 Å². The van der Waals surface area contributed by atoms with Gasteiger partial charge >= 0.3 is 11.8 Å². The third kappa shape index (κ3) is 4.81. The fraction of sp³-hybridized carbons (Fsp3) is 0.167. The predicted octanol–water partition coefficient (Wildman–Crippen LogP) is 1.33. The lowest BCUT2D eigenvalue weighted by atomic mass is 10.1. The first kappa shape index (κ1) is 20.4. The number of hydrogen-bond acceptors (Lipinski definition) is 7. The summed E-state index contributed by atoms with van der Waals surface area (Å²) in [5.41, 5.74) is 2.84. The van der Waals surface area contributed by atoms with Crippen LogP contribution < -0.4 is 20.6 Å². The number of carbonyl (C=O) groups excluding carboxylic acids is 2. The molecule has 0 aliphatic rings. The van der Waals surface area contributed by atoms with E-state index in [1.165, 1.54) is 13.2 Å². The normalized spacial score (nSPS) is 10.5. The fourth-order valence-corrected chi connectivity index (χ4v) is 2.32. The Hall–Kier alpha value is -3.95. The average Bonchev–Trinajstić information content (AvgIpc) is 2.68. The van der Waals surface area contributed by atoms with Crippen LogP contribution in [-0.2, 0) is 16.0 Å². The highest BCUT2D eigenvalue weighted by atomic mass is 16.6. The second kappa shape index (κ2) is 9.12. The molecule has 146 valence electrons. The number of carbonyl (C=O) groups is 2. The Morgan fingerprint density at radius 2 is 1.96 bits per heavy atom. The third-order valence-electron chi connectivity index (χ3n) is 3.71. The molecule has 2 rings (SSSR count). The van der Waals surface area contributed by atoms with Crippen molar-refractivity contribution in [3.05, 3.63) is 57.6 Å². The van der Waals surface area contributed by atoms with Crippen molar-refractivity contribution < 1.29 is 24.4 Å². The van der Waals surface area contributed by atoms with Crippen molar-refractivity contribution in [2.24, 2.45) is 5.10 Å². The number of benzene rings is 2. The number of ether oxygens (including phenoxy) is 1. The molecular formula is C18H17N4O6-. The van der Waals surface area contributed by atoms with Gasteiger partial charge in [0.05, 0.1) is 18.2 Å². The molecule has 28 heavy (non-hydrogen) atoms. The predicted molar refractivity (Wildman–Crippen MR) is 99.3 cm³/mol. The number of hydrogen-bond donors (Lipinski definition) is 2. The van der Waals surface area contributed by atoms with Crippen LogP contribution in [0, 0.1) is 10.1 Å². The summed E-state index contributed by atoms with van der Waals surface area (Å²) in [5.74, 6) is -3.06. The van der Waals surface area contributed by atoms with Crippen LogP contribution in [0.3, 0.4) is 0 Å². The summed E-state index contributed by atoms with van der Waals surface area (Å²) < 4.78 is 4.80. The number of rotatable bonds is 6. The molecule has 0 spiro atoms. The van der Waals surface area contributed by atoms with Crippen molar-refractivity contribution in [2.45, 2.75) is 13.3 Å². The van der Waals surface area contributed by atoms with Crippen LogP contribution >= 0.6 is 0 Å². The van der Waals surface area contributed by atoms with E-state index in [1.54, 1.807) is 12.1 Å². The quantitative estimate of drug-likeness (QED) is 0.332. The zero-order valence-electron chi connectivity index (χ0n) is 15.1. The second-order valence-electron chi connectivity index (χ2n) is 5.49. The summed E-state index contributed by atoms with van der Waals surface area (Å²) in [6.07, 6.45) is 1.73. The maximum Gasteiger partial charge on any atom is 0.329 e. The van der Waals surface area contributed by atoms with Gasteiger partial charge in [-0.25, -0.2) is 5.43 Å². The summed E-state index contributed by atoms with van der Waals surface area (Å²) in [4.78, 5) is 33.9. The molecular weight excluding hydrogens is 368 g/mol. The minimum absolute atomic E-state index is 0.139. The zero-order valence-corrected chi connectivity index (χ0v) is 15.1. The van der Waals surface area contributed by atoms with Gasteiger partial charge < -0.3 is 15.2 Å². The lowest BCUT2D eigenvalue weighted by Crippen LogP contribution is -2.32. The molecule has 0 heterocycles. The maximum absolute atomic E-state index is 12.0. The first-order valence-corrected chi connectivity index (χ1v) is 8.13.